The summed E-state index contributed by atoms with van der Waals surface area (Å²) in [5.41, 5.74) is 2.95. The number of nitrogens with one attached hydrogen (secondary N) is 2. The molecule has 18 heavy (non-hydrogen) atoms. The molecule has 0 spiro atoms. The molecule has 1 heterocycles. The fourth-order valence-corrected chi connectivity index (χ4v) is 2.59. The molecular weight excluding hydrogens is 264 g/mol. The van der Waals surface area contributed by atoms with Gasteiger partial charge in [0.2, 0.25) is 5.91 Å². The summed E-state index contributed by atoms with van der Waals surface area (Å²) in [6.07, 6.45) is 2.05. The van der Waals surface area contributed by atoms with E-state index in [0.717, 1.165) is 33.7 Å². The molecular formula is C13H12N2OS2. The highest BCUT2D eigenvalue weighted by atomic mass is 32.1. The number of H-pyrrole nitrogens is 1. The lowest BCUT2D eigenvalue weighted by molar-refractivity contribution is -0.117. The quantitative estimate of drug-likeness (QED) is 0.837. The second-order valence-electron chi connectivity index (χ2n) is 4.40. The molecule has 0 radical (unpaired) electrons. The van der Waals surface area contributed by atoms with Crippen LogP contribution in [0.4, 0.5) is 5.69 Å². The molecule has 1 fully saturated rings. The number of thiazole rings is 1. The molecule has 0 atom stereocenters. The van der Waals surface area contributed by atoms with Gasteiger partial charge in [-0.05, 0) is 42.8 Å². The third-order valence-electron chi connectivity index (χ3n) is 2.93. The molecule has 1 aromatic carbocycles. The summed E-state index contributed by atoms with van der Waals surface area (Å²) in [5, 5.41) is 4.92. The molecule has 0 saturated heterocycles. The molecule has 2 aromatic rings. The van der Waals surface area contributed by atoms with Crippen molar-refractivity contribution < 1.29 is 4.79 Å². The highest BCUT2D eigenvalue weighted by Crippen LogP contribution is 2.30. The molecule has 1 aromatic heterocycles. The molecule has 0 unspecified atom stereocenters. The summed E-state index contributed by atoms with van der Waals surface area (Å²) in [5.74, 6) is 0.371. The summed E-state index contributed by atoms with van der Waals surface area (Å²) in [4.78, 5) is 14.7. The zero-order valence-electron chi connectivity index (χ0n) is 9.60. The standard InChI is InChI=1S/C13H12N2OS2/c16-12(9-1-2-9)14-10-5-3-8(4-6-10)11-7-18-13(17)15-11/h3-7,9H,1-2H2,(H,14,16)(H,15,17). The Morgan fingerprint density at radius 3 is 2.61 bits per heavy atom. The number of carbonyl (C=O) groups is 1. The minimum absolute atomic E-state index is 0.137. The molecule has 2 N–H and O–H groups in total. The van der Waals surface area contributed by atoms with E-state index in [1.807, 2.05) is 29.6 Å². The van der Waals surface area contributed by atoms with Crippen LogP contribution in [0.25, 0.3) is 11.3 Å². The van der Waals surface area contributed by atoms with E-state index in [1.54, 1.807) is 0 Å². The maximum Gasteiger partial charge on any atom is 0.227 e. The van der Waals surface area contributed by atoms with Crippen molar-refractivity contribution in [2.24, 2.45) is 5.92 Å². The Bertz CT molecular complexity index is 623. The summed E-state index contributed by atoms with van der Waals surface area (Å²) >= 11 is 6.57. The molecule has 92 valence electrons. The van der Waals surface area contributed by atoms with Crippen molar-refractivity contribution in [3.8, 4) is 11.3 Å². The number of amides is 1. The Balaban J connectivity index is 1.76. The summed E-state index contributed by atoms with van der Waals surface area (Å²) in [6, 6.07) is 7.81. The van der Waals surface area contributed by atoms with E-state index in [9.17, 15) is 4.79 Å². The first-order valence-corrected chi connectivity index (χ1v) is 7.10. The smallest absolute Gasteiger partial charge is 0.227 e. The van der Waals surface area contributed by atoms with Crippen molar-refractivity contribution in [1.82, 2.24) is 4.98 Å². The first-order chi connectivity index (χ1) is 8.72. The van der Waals surface area contributed by atoms with Gasteiger partial charge in [0, 0.05) is 17.0 Å². The Kier molecular flexibility index (Phi) is 3.01. The van der Waals surface area contributed by atoms with Gasteiger partial charge in [0.15, 0.2) is 3.95 Å². The van der Waals surface area contributed by atoms with Crippen LogP contribution < -0.4 is 5.32 Å². The molecule has 1 aliphatic rings. The third kappa shape index (κ3) is 2.52. The number of carbonyl (C=O) groups excluding carboxylic acids is 1. The number of aromatic amines is 1. The zero-order chi connectivity index (χ0) is 12.5. The van der Waals surface area contributed by atoms with Crippen LogP contribution in [-0.4, -0.2) is 10.9 Å². The van der Waals surface area contributed by atoms with Crippen molar-refractivity contribution in [2.75, 3.05) is 5.32 Å². The lowest BCUT2D eigenvalue weighted by Crippen LogP contribution is -2.12. The summed E-state index contributed by atoms with van der Waals surface area (Å²) < 4.78 is 0.774. The maximum atomic E-state index is 11.6. The molecule has 3 rings (SSSR count). The molecule has 1 amide bonds. The van der Waals surface area contributed by atoms with Crippen LogP contribution in [0.3, 0.4) is 0 Å². The average Bonchev–Trinajstić information content (AvgIpc) is 3.13. The molecule has 5 heteroatoms. The van der Waals surface area contributed by atoms with Crippen LogP contribution in [0.1, 0.15) is 12.8 Å². The first-order valence-electron chi connectivity index (χ1n) is 5.81. The van der Waals surface area contributed by atoms with Crippen molar-refractivity contribution in [1.29, 1.82) is 0 Å². The van der Waals surface area contributed by atoms with E-state index in [2.05, 4.69) is 10.3 Å². The van der Waals surface area contributed by atoms with E-state index in [4.69, 9.17) is 12.2 Å². The fraction of sp³-hybridized carbons (Fsp3) is 0.231. The van der Waals surface area contributed by atoms with Crippen LogP contribution in [0.15, 0.2) is 29.6 Å². The zero-order valence-corrected chi connectivity index (χ0v) is 11.2. The molecule has 0 bridgehead atoms. The largest absolute Gasteiger partial charge is 0.337 e. The molecule has 3 nitrogen and oxygen atoms in total. The van der Waals surface area contributed by atoms with E-state index >= 15 is 0 Å². The van der Waals surface area contributed by atoms with Crippen LogP contribution in [0.5, 0.6) is 0 Å². The van der Waals surface area contributed by atoms with Gasteiger partial charge >= 0.3 is 0 Å². The number of hydrogen-bond donors (Lipinski definition) is 2. The Labute approximate surface area is 114 Å². The van der Waals surface area contributed by atoms with Crippen molar-refractivity contribution in [3.63, 3.8) is 0 Å². The van der Waals surface area contributed by atoms with E-state index in [0.29, 0.717) is 0 Å². The SMILES string of the molecule is O=C(Nc1ccc(-c2csc(=S)[nH]2)cc1)C1CC1. The number of anilines is 1. The normalized spacial score (nSPS) is 14.4. The summed E-state index contributed by atoms with van der Waals surface area (Å²) in [7, 11) is 0. The Morgan fingerprint density at radius 2 is 2.06 bits per heavy atom. The first kappa shape index (κ1) is 11.6. The highest BCUT2D eigenvalue weighted by molar-refractivity contribution is 7.73. The second-order valence-corrected chi connectivity index (χ2v) is 5.95. The number of hydrogen-bond acceptors (Lipinski definition) is 3. The summed E-state index contributed by atoms with van der Waals surface area (Å²) in [6.45, 7) is 0. The van der Waals surface area contributed by atoms with Crippen molar-refractivity contribution in [2.45, 2.75) is 12.8 Å². The lowest BCUT2D eigenvalue weighted by atomic mass is 10.1. The Hall–Kier alpha value is -1.46. The van der Waals surface area contributed by atoms with E-state index < -0.39 is 0 Å². The van der Waals surface area contributed by atoms with E-state index in [-0.39, 0.29) is 11.8 Å². The minimum Gasteiger partial charge on any atom is -0.337 e. The van der Waals surface area contributed by atoms with Crippen molar-refractivity contribution in [3.05, 3.63) is 33.6 Å². The van der Waals surface area contributed by atoms with Gasteiger partial charge in [0.05, 0.1) is 5.69 Å². The van der Waals surface area contributed by atoms with Gasteiger partial charge in [0.25, 0.3) is 0 Å². The topological polar surface area (TPSA) is 44.9 Å². The second kappa shape index (κ2) is 4.66. The Morgan fingerprint density at radius 1 is 1.33 bits per heavy atom. The van der Waals surface area contributed by atoms with Crippen LogP contribution in [0, 0.1) is 9.87 Å². The predicted molar refractivity (Wildman–Crippen MR) is 76.3 cm³/mol. The average molecular weight is 276 g/mol. The van der Waals surface area contributed by atoms with Gasteiger partial charge in [-0.2, -0.15) is 0 Å². The molecule has 0 aliphatic heterocycles. The fourth-order valence-electron chi connectivity index (χ4n) is 1.74. The monoisotopic (exact) mass is 276 g/mol. The van der Waals surface area contributed by atoms with Crippen LogP contribution in [0.2, 0.25) is 0 Å². The van der Waals surface area contributed by atoms with E-state index in [1.165, 1.54) is 11.3 Å². The van der Waals surface area contributed by atoms with Gasteiger partial charge in [-0.1, -0.05) is 12.1 Å². The lowest BCUT2D eigenvalue weighted by Gasteiger charge is -2.04. The van der Waals surface area contributed by atoms with Gasteiger partial charge in [0.1, 0.15) is 0 Å². The van der Waals surface area contributed by atoms with Gasteiger partial charge in [-0.15, -0.1) is 11.3 Å². The number of rotatable bonds is 3. The van der Waals surface area contributed by atoms with Crippen LogP contribution >= 0.6 is 23.6 Å². The van der Waals surface area contributed by atoms with Gasteiger partial charge < -0.3 is 10.3 Å². The number of aromatic nitrogens is 1. The number of benzene rings is 1. The predicted octanol–water partition coefficient (Wildman–Crippen LogP) is 3.82. The van der Waals surface area contributed by atoms with Gasteiger partial charge in [-0.3, -0.25) is 4.79 Å². The van der Waals surface area contributed by atoms with Gasteiger partial charge in [-0.25, -0.2) is 0 Å². The van der Waals surface area contributed by atoms with Crippen molar-refractivity contribution >= 4 is 35.1 Å². The molecule has 1 aliphatic carbocycles. The molecule has 1 saturated carbocycles. The maximum absolute atomic E-state index is 11.6. The minimum atomic E-state index is 0.137. The van der Waals surface area contributed by atoms with Crippen LogP contribution in [-0.2, 0) is 4.79 Å². The highest BCUT2D eigenvalue weighted by Gasteiger charge is 2.29. The third-order valence-corrected chi connectivity index (χ3v) is 3.99.